The molecule has 0 saturated carbocycles. The van der Waals surface area contributed by atoms with Crippen LogP contribution in [-0.2, 0) is 34.1 Å². The molecule has 3 aromatic carbocycles. The van der Waals surface area contributed by atoms with Crippen molar-refractivity contribution in [2.45, 2.75) is 49.8 Å². The van der Waals surface area contributed by atoms with Crippen molar-refractivity contribution in [1.29, 1.82) is 0 Å². The van der Waals surface area contributed by atoms with E-state index in [-0.39, 0.29) is 12.5 Å². The number of benzene rings is 3. The Hall–Kier alpha value is -2.74. The van der Waals surface area contributed by atoms with Gasteiger partial charge in [0.2, 0.25) is 0 Å². The average Bonchev–Trinajstić information content (AvgIpc) is 3.37. The van der Waals surface area contributed by atoms with Crippen molar-refractivity contribution in [2.24, 2.45) is 0 Å². The van der Waals surface area contributed by atoms with Crippen LogP contribution in [0.1, 0.15) is 30.5 Å². The van der Waals surface area contributed by atoms with Gasteiger partial charge in [-0.05, 0) is 30.5 Å². The number of alkyl halides is 1. The molecular formula is C29H29ClO6. The Labute approximate surface area is 216 Å². The summed E-state index contributed by atoms with van der Waals surface area (Å²) >= 11 is 5.75. The molecule has 2 fully saturated rings. The largest absolute Gasteiger partial charge is 0.456 e. The van der Waals surface area contributed by atoms with Crippen LogP contribution in [0, 0.1) is 0 Å². The minimum atomic E-state index is -0.938. The summed E-state index contributed by atoms with van der Waals surface area (Å²) in [5.41, 5.74) is 1.95. The van der Waals surface area contributed by atoms with E-state index in [1.54, 1.807) is 13.8 Å². The molecule has 5 rings (SSSR count). The lowest BCUT2D eigenvalue weighted by Crippen LogP contribution is -2.43. The second-order valence-electron chi connectivity index (χ2n) is 9.32. The Kier molecular flexibility index (Phi) is 7.15. The number of ether oxygens (including phenoxy) is 5. The van der Waals surface area contributed by atoms with Gasteiger partial charge in [-0.1, -0.05) is 91.0 Å². The summed E-state index contributed by atoms with van der Waals surface area (Å²) in [7, 11) is 0. The van der Waals surface area contributed by atoms with Crippen LogP contribution in [0.4, 0.5) is 0 Å². The van der Waals surface area contributed by atoms with E-state index in [0.717, 1.165) is 16.7 Å². The van der Waals surface area contributed by atoms with Gasteiger partial charge in [0.05, 0.1) is 6.61 Å². The minimum Gasteiger partial charge on any atom is -0.456 e. The van der Waals surface area contributed by atoms with Gasteiger partial charge >= 0.3 is 5.97 Å². The molecule has 0 bridgehead atoms. The summed E-state index contributed by atoms with van der Waals surface area (Å²) in [5, 5.41) is 0. The number of carbonyl (C=O) groups is 1. The molecule has 4 atom stereocenters. The zero-order valence-corrected chi connectivity index (χ0v) is 21.0. The Morgan fingerprint density at radius 2 is 1.36 bits per heavy atom. The van der Waals surface area contributed by atoms with Gasteiger partial charge in [-0.2, -0.15) is 0 Å². The molecule has 2 aliphatic rings. The fourth-order valence-electron chi connectivity index (χ4n) is 4.98. The Balaban J connectivity index is 1.52. The first kappa shape index (κ1) is 24.9. The third-order valence-corrected chi connectivity index (χ3v) is 6.69. The zero-order valence-electron chi connectivity index (χ0n) is 20.2. The maximum absolute atomic E-state index is 12.2. The highest BCUT2D eigenvalue weighted by Crippen LogP contribution is 2.43. The van der Waals surface area contributed by atoms with Crippen LogP contribution in [-0.4, -0.2) is 48.8 Å². The van der Waals surface area contributed by atoms with Gasteiger partial charge in [0, 0.05) is 0 Å². The third kappa shape index (κ3) is 4.80. The maximum atomic E-state index is 12.2. The van der Waals surface area contributed by atoms with Gasteiger partial charge in [-0.25, -0.2) is 0 Å². The first-order valence-electron chi connectivity index (χ1n) is 12.0. The summed E-state index contributed by atoms with van der Waals surface area (Å²) < 4.78 is 30.7. The number of halogens is 1. The van der Waals surface area contributed by atoms with E-state index in [2.05, 4.69) is 0 Å². The molecule has 0 unspecified atom stereocenters. The smallest absolute Gasteiger partial charge is 0.321 e. The van der Waals surface area contributed by atoms with E-state index < -0.39 is 42.0 Å². The molecule has 0 aromatic heterocycles. The minimum absolute atomic E-state index is 0.110. The molecular weight excluding hydrogens is 480 g/mol. The lowest BCUT2D eigenvalue weighted by molar-refractivity contribution is -0.226. The van der Waals surface area contributed by atoms with Crippen molar-refractivity contribution in [3.05, 3.63) is 108 Å². The van der Waals surface area contributed by atoms with Gasteiger partial charge in [0.1, 0.15) is 17.6 Å². The Morgan fingerprint density at radius 1 is 0.861 bits per heavy atom. The number of carbonyl (C=O) groups excluding carboxylic acids is 1. The molecule has 0 amide bonds. The lowest BCUT2D eigenvalue weighted by atomic mass is 9.80. The highest BCUT2D eigenvalue weighted by atomic mass is 35.5. The van der Waals surface area contributed by atoms with Crippen molar-refractivity contribution in [3.8, 4) is 0 Å². The molecule has 2 saturated heterocycles. The number of hydrogen-bond acceptors (Lipinski definition) is 6. The summed E-state index contributed by atoms with van der Waals surface area (Å²) in [4.78, 5) is 12.2. The molecule has 2 heterocycles. The Bertz CT molecular complexity index is 1060. The monoisotopic (exact) mass is 508 g/mol. The Morgan fingerprint density at radius 3 is 1.83 bits per heavy atom. The fraction of sp³-hybridized carbons (Fsp3) is 0.345. The standard InChI is InChI=1S/C29H29ClO6/c1-28(2)35-26-25(34-24(31)18-30)23(33-27(26)36-28)19-32-29(20-12-6-3-7-13-20,21-14-8-4-9-15-21)22-16-10-5-11-17-22/h3-17,23,25-27H,18-19H2,1-2H3/t23-,25+,26-,27-/m1/s1. The van der Waals surface area contributed by atoms with E-state index in [4.69, 9.17) is 35.3 Å². The summed E-state index contributed by atoms with van der Waals surface area (Å²) in [6.45, 7) is 3.71. The predicted molar refractivity (Wildman–Crippen MR) is 134 cm³/mol. The molecule has 0 aliphatic carbocycles. The van der Waals surface area contributed by atoms with Gasteiger partial charge in [-0.3, -0.25) is 4.79 Å². The normalized spacial score (nSPS) is 24.9. The van der Waals surface area contributed by atoms with Crippen molar-refractivity contribution in [1.82, 2.24) is 0 Å². The highest BCUT2D eigenvalue weighted by molar-refractivity contribution is 6.26. The lowest BCUT2D eigenvalue weighted by Gasteiger charge is -2.37. The summed E-state index contributed by atoms with van der Waals surface area (Å²) in [6.07, 6.45) is -2.62. The second kappa shape index (κ2) is 10.3. The molecule has 0 N–H and O–H groups in total. The molecule has 188 valence electrons. The van der Waals surface area contributed by atoms with Crippen molar-refractivity contribution in [3.63, 3.8) is 0 Å². The van der Waals surface area contributed by atoms with E-state index in [1.807, 2.05) is 91.0 Å². The highest BCUT2D eigenvalue weighted by Gasteiger charge is 2.57. The van der Waals surface area contributed by atoms with Crippen LogP contribution in [0.15, 0.2) is 91.0 Å². The number of rotatable bonds is 8. The van der Waals surface area contributed by atoms with Crippen LogP contribution in [0.3, 0.4) is 0 Å². The van der Waals surface area contributed by atoms with Crippen molar-refractivity contribution >= 4 is 17.6 Å². The molecule has 2 aliphatic heterocycles. The summed E-state index contributed by atoms with van der Waals surface area (Å²) in [5.74, 6) is -1.67. The van der Waals surface area contributed by atoms with E-state index in [9.17, 15) is 4.79 Å². The van der Waals surface area contributed by atoms with Crippen LogP contribution in [0.25, 0.3) is 0 Å². The van der Waals surface area contributed by atoms with Gasteiger partial charge in [0.15, 0.2) is 24.3 Å². The maximum Gasteiger partial charge on any atom is 0.321 e. The molecule has 6 nitrogen and oxygen atoms in total. The first-order valence-corrected chi connectivity index (χ1v) is 12.5. The molecule has 7 heteroatoms. The quantitative estimate of drug-likeness (QED) is 0.242. The number of fused-ring (bicyclic) bond motifs is 1. The van der Waals surface area contributed by atoms with E-state index in [0.29, 0.717) is 0 Å². The second-order valence-corrected chi connectivity index (χ2v) is 9.59. The van der Waals surface area contributed by atoms with Crippen LogP contribution >= 0.6 is 11.6 Å². The number of hydrogen-bond donors (Lipinski definition) is 0. The van der Waals surface area contributed by atoms with Crippen molar-refractivity contribution in [2.75, 3.05) is 12.5 Å². The van der Waals surface area contributed by atoms with Crippen molar-refractivity contribution < 1.29 is 28.5 Å². The van der Waals surface area contributed by atoms with Crippen LogP contribution in [0.2, 0.25) is 0 Å². The molecule has 36 heavy (non-hydrogen) atoms. The topological polar surface area (TPSA) is 63.2 Å². The van der Waals surface area contributed by atoms with Gasteiger partial charge < -0.3 is 23.7 Å². The van der Waals surface area contributed by atoms with E-state index in [1.165, 1.54) is 0 Å². The van der Waals surface area contributed by atoms with E-state index >= 15 is 0 Å². The van der Waals surface area contributed by atoms with Crippen LogP contribution < -0.4 is 0 Å². The fourth-order valence-corrected chi connectivity index (χ4v) is 5.05. The predicted octanol–water partition coefficient (Wildman–Crippen LogP) is 5.02. The zero-order chi connectivity index (χ0) is 25.2. The third-order valence-electron chi connectivity index (χ3n) is 6.47. The number of esters is 1. The SMILES string of the molecule is CC1(C)O[C@H]2O[C@H](COC(c3ccccc3)(c3ccccc3)c3ccccc3)[C@H](OC(=O)CCl)[C@H]2O1. The molecule has 0 radical (unpaired) electrons. The van der Waals surface area contributed by atoms with Gasteiger partial charge in [0.25, 0.3) is 0 Å². The molecule has 0 spiro atoms. The first-order chi connectivity index (χ1) is 17.4. The summed E-state index contributed by atoms with van der Waals surface area (Å²) in [6, 6.07) is 30.1. The molecule has 3 aromatic rings. The van der Waals surface area contributed by atoms with Crippen LogP contribution in [0.5, 0.6) is 0 Å². The average molecular weight is 509 g/mol. The van der Waals surface area contributed by atoms with Gasteiger partial charge in [-0.15, -0.1) is 11.6 Å².